The number of urea groups is 1. The van der Waals surface area contributed by atoms with Gasteiger partial charge in [0.05, 0.1) is 17.3 Å². The number of hydrogen-bond donors (Lipinski definition) is 4. The zero-order valence-corrected chi connectivity index (χ0v) is 31.7. The fourth-order valence-corrected chi connectivity index (χ4v) is 9.53. The zero-order valence-electron chi connectivity index (χ0n) is 30.8. The van der Waals surface area contributed by atoms with Crippen LogP contribution in [-0.2, 0) is 29.0 Å². The van der Waals surface area contributed by atoms with Crippen molar-refractivity contribution in [2.75, 3.05) is 18.8 Å². The predicted molar refractivity (Wildman–Crippen MR) is 189 cm³/mol. The number of rotatable bonds is 14. The molecule has 17 heteroatoms. The molecule has 294 valence electrons. The summed E-state index contributed by atoms with van der Waals surface area (Å²) < 4.78 is 66.5. The van der Waals surface area contributed by atoms with Gasteiger partial charge in [-0.25, -0.2) is 18.2 Å². The Morgan fingerprint density at radius 1 is 1.06 bits per heavy atom. The SMILES string of the molecule is C=CCNC(=O)C(=O)C(CCC(F)(F)F)NC(=O)[C@@H]1C2C(CN1C(=O)[C@@H](NC(=O)NC1(CS(=O)(=O)c3ccccn3)CCCCC1)C(C)(C)C)C2(C)C. The van der Waals surface area contributed by atoms with E-state index in [-0.39, 0.29) is 24.0 Å². The fraction of sp³-hybridized carbons (Fsp3) is 0.667. The van der Waals surface area contributed by atoms with Crippen LogP contribution >= 0.6 is 0 Å². The molecule has 2 heterocycles. The van der Waals surface area contributed by atoms with Crippen LogP contribution in [-0.4, -0.2) is 96.5 Å². The summed E-state index contributed by atoms with van der Waals surface area (Å²) in [5, 5.41) is 10.1. The van der Waals surface area contributed by atoms with E-state index in [9.17, 15) is 45.6 Å². The number of alkyl halides is 3. The van der Waals surface area contributed by atoms with Crippen molar-refractivity contribution < 1.29 is 45.6 Å². The number of carbonyl (C=O) groups is 5. The van der Waals surface area contributed by atoms with Gasteiger partial charge in [-0.05, 0) is 54.1 Å². The minimum atomic E-state index is -4.68. The Hall–Kier alpha value is -4.02. The zero-order chi connectivity index (χ0) is 39.6. The number of aromatic nitrogens is 1. The van der Waals surface area contributed by atoms with Crippen molar-refractivity contribution in [3.8, 4) is 0 Å². The third-order valence-electron chi connectivity index (χ3n) is 10.7. The van der Waals surface area contributed by atoms with Gasteiger partial charge in [-0.15, -0.1) is 6.58 Å². The van der Waals surface area contributed by atoms with Crippen LogP contribution in [0.1, 0.15) is 79.6 Å². The number of carbonyl (C=O) groups excluding carboxylic acids is 5. The summed E-state index contributed by atoms with van der Waals surface area (Å²) in [5.74, 6) is -4.92. The van der Waals surface area contributed by atoms with Crippen LogP contribution in [0.15, 0.2) is 42.1 Å². The van der Waals surface area contributed by atoms with Gasteiger partial charge < -0.3 is 26.2 Å². The number of nitrogens with zero attached hydrogens (tertiary/aromatic N) is 2. The molecule has 0 spiro atoms. The van der Waals surface area contributed by atoms with Gasteiger partial charge in [-0.1, -0.05) is 66.0 Å². The number of pyridine rings is 1. The Morgan fingerprint density at radius 2 is 1.72 bits per heavy atom. The molecule has 2 aliphatic carbocycles. The highest BCUT2D eigenvalue weighted by atomic mass is 32.2. The van der Waals surface area contributed by atoms with Gasteiger partial charge in [0.25, 0.3) is 5.91 Å². The Labute approximate surface area is 308 Å². The number of piperidine rings is 1. The molecule has 1 aromatic heterocycles. The molecule has 3 unspecified atom stereocenters. The topological polar surface area (TPSA) is 184 Å². The number of Topliss-reactive ketones (excluding diaryl/α,β-unsaturated/α-hetero) is 1. The molecule has 13 nitrogen and oxygen atoms in total. The first-order valence-electron chi connectivity index (χ1n) is 17.9. The molecular formula is C36H51F3N6O7S. The van der Waals surface area contributed by atoms with Gasteiger partial charge in [-0.2, -0.15) is 13.2 Å². The van der Waals surface area contributed by atoms with E-state index in [0.29, 0.717) is 25.7 Å². The van der Waals surface area contributed by atoms with Crippen molar-refractivity contribution >= 4 is 39.4 Å². The standard InChI is InChI=1S/C36H51F3N6O7S/c1-7-18-41-30(48)27(46)23(14-17-36(37,38)39)42-29(47)26-25-22(34(25,5)6)20-45(26)31(49)28(33(2,3)4)43-32(50)44-35(15-10-8-11-16-35)21-53(51,52)24-13-9-12-19-40-24/h7,9,12-13,19,22-23,25-26,28H,1,8,10-11,14-18,20-21H2,2-6H3,(H,41,48)(H,42,47)(H2,43,44,50)/t22?,23?,25?,26-,28+/m0/s1. The van der Waals surface area contributed by atoms with E-state index in [2.05, 4.69) is 32.8 Å². The van der Waals surface area contributed by atoms with Crippen molar-refractivity contribution in [2.24, 2.45) is 22.7 Å². The van der Waals surface area contributed by atoms with Gasteiger partial charge >= 0.3 is 12.2 Å². The first-order chi connectivity index (χ1) is 24.5. The van der Waals surface area contributed by atoms with Crippen molar-refractivity contribution in [1.29, 1.82) is 0 Å². The molecule has 5 amide bonds. The van der Waals surface area contributed by atoms with Crippen molar-refractivity contribution in [3.63, 3.8) is 0 Å². The van der Waals surface area contributed by atoms with Crippen LogP contribution in [0.4, 0.5) is 18.0 Å². The van der Waals surface area contributed by atoms with Gasteiger partial charge in [0.1, 0.15) is 12.1 Å². The monoisotopic (exact) mass is 768 g/mol. The molecule has 5 atom stereocenters. The molecule has 4 rings (SSSR count). The van der Waals surface area contributed by atoms with E-state index in [1.807, 2.05) is 13.8 Å². The van der Waals surface area contributed by atoms with E-state index in [1.165, 1.54) is 23.2 Å². The maximum atomic E-state index is 14.4. The Kier molecular flexibility index (Phi) is 12.4. The predicted octanol–water partition coefficient (Wildman–Crippen LogP) is 3.45. The highest BCUT2D eigenvalue weighted by Crippen LogP contribution is 2.65. The number of likely N-dealkylation sites (tertiary alicyclic amines) is 1. The lowest BCUT2D eigenvalue weighted by Crippen LogP contribution is -2.64. The summed E-state index contributed by atoms with van der Waals surface area (Å²) in [6.45, 7) is 12.3. The van der Waals surface area contributed by atoms with E-state index < -0.39 is 105 Å². The van der Waals surface area contributed by atoms with Gasteiger partial charge in [0.15, 0.2) is 14.9 Å². The molecule has 0 bridgehead atoms. The Balaban J connectivity index is 1.57. The van der Waals surface area contributed by atoms with E-state index in [0.717, 1.165) is 6.42 Å². The normalized spacial score (nSPS) is 23.1. The number of sulfone groups is 1. The molecule has 3 aliphatic rings. The van der Waals surface area contributed by atoms with E-state index in [4.69, 9.17) is 0 Å². The molecule has 0 aromatic carbocycles. The highest BCUT2D eigenvalue weighted by molar-refractivity contribution is 7.91. The minimum Gasteiger partial charge on any atom is -0.346 e. The summed E-state index contributed by atoms with van der Waals surface area (Å²) in [6, 6.07) is -0.471. The summed E-state index contributed by atoms with van der Waals surface area (Å²) in [6.07, 6.45) is -1.39. The average molecular weight is 769 g/mol. The molecule has 4 N–H and O–H groups in total. The molecule has 2 saturated carbocycles. The van der Waals surface area contributed by atoms with Gasteiger partial charge in [0, 0.05) is 25.7 Å². The van der Waals surface area contributed by atoms with Crippen LogP contribution in [0.2, 0.25) is 0 Å². The average Bonchev–Trinajstić information content (AvgIpc) is 3.37. The number of fused-ring (bicyclic) bond motifs is 1. The van der Waals surface area contributed by atoms with Gasteiger partial charge in [0.2, 0.25) is 17.6 Å². The number of amides is 5. The molecule has 1 saturated heterocycles. The Morgan fingerprint density at radius 3 is 2.28 bits per heavy atom. The number of hydrogen-bond acceptors (Lipinski definition) is 8. The molecular weight excluding hydrogens is 717 g/mol. The van der Waals surface area contributed by atoms with E-state index >= 15 is 0 Å². The molecule has 1 aromatic rings. The van der Waals surface area contributed by atoms with Gasteiger partial charge in [-0.3, -0.25) is 19.2 Å². The molecule has 1 aliphatic heterocycles. The summed E-state index contributed by atoms with van der Waals surface area (Å²) in [7, 11) is -3.91. The number of nitrogens with one attached hydrogen (secondary N) is 4. The first kappa shape index (κ1) is 41.7. The molecule has 0 radical (unpaired) electrons. The van der Waals surface area contributed by atoms with Crippen molar-refractivity contribution in [3.05, 3.63) is 37.1 Å². The van der Waals surface area contributed by atoms with Crippen molar-refractivity contribution in [2.45, 2.75) is 114 Å². The Bertz CT molecular complexity index is 1670. The smallest absolute Gasteiger partial charge is 0.346 e. The second kappa shape index (κ2) is 15.8. The second-order valence-electron chi connectivity index (χ2n) is 16.1. The maximum Gasteiger partial charge on any atom is 0.389 e. The third kappa shape index (κ3) is 9.95. The van der Waals surface area contributed by atoms with Crippen molar-refractivity contribution in [1.82, 2.24) is 31.2 Å². The summed E-state index contributed by atoms with van der Waals surface area (Å²) in [5.41, 5.74) is -2.48. The molecule has 53 heavy (non-hydrogen) atoms. The minimum absolute atomic E-state index is 0.109. The van der Waals surface area contributed by atoms with E-state index in [1.54, 1.807) is 32.9 Å². The second-order valence-corrected chi connectivity index (χ2v) is 18.1. The van der Waals surface area contributed by atoms with Crippen LogP contribution in [0.25, 0.3) is 0 Å². The maximum absolute atomic E-state index is 14.4. The number of ketones is 1. The van der Waals surface area contributed by atoms with Crippen LogP contribution in [0, 0.1) is 22.7 Å². The lowest BCUT2D eigenvalue weighted by molar-refractivity contribution is -0.148. The largest absolute Gasteiger partial charge is 0.389 e. The fourth-order valence-electron chi connectivity index (χ4n) is 7.78. The molecule has 3 fully saturated rings. The lowest BCUT2D eigenvalue weighted by Gasteiger charge is -2.40. The number of halogens is 3. The summed E-state index contributed by atoms with van der Waals surface area (Å²) in [4.78, 5) is 72.8. The van der Waals surface area contributed by atoms with Crippen LogP contribution in [0.3, 0.4) is 0 Å². The van der Waals surface area contributed by atoms with Crippen LogP contribution in [0.5, 0.6) is 0 Å². The third-order valence-corrected chi connectivity index (χ3v) is 12.6. The first-order valence-corrected chi connectivity index (χ1v) is 19.5. The quantitative estimate of drug-likeness (QED) is 0.164. The lowest BCUT2D eigenvalue weighted by atomic mass is 9.83. The summed E-state index contributed by atoms with van der Waals surface area (Å²) >= 11 is 0. The highest BCUT2D eigenvalue weighted by Gasteiger charge is 2.70. The van der Waals surface area contributed by atoms with Crippen LogP contribution < -0.4 is 21.3 Å².